The first kappa shape index (κ1) is 15.7. The average Bonchev–Trinajstić information content (AvgIpc) is 2.98. The zero-order chi connectivity index (χ0) is 16.2. The molecule has 0 saturated carbocycles. The fourth-order valence-corrected chi connectivity index (χ4v) is 3.91. The van der Waals surface area contributed by atoms with Crippen LogP contribution in [-0.2, 0) is 4.79 Å². The van der Waals surface area contributed by atoms with Crippen LogP contribution in [0.25, 0.3) is 0 Å². The van der Waals surface area contributed by atoms with Crippen LogP contribution in [0.2, 0.25) is 0 Å². The number of carbonyl (C=O) groups excluding carboxylic acids is 1. The van der Waals surface area contributed by atoms with Gasteiger partial charge in [0, 0.05) is 24.5 Å². The summed E-state index contributed by atoms with van der Waals surface area (Å²) in [6.45, 7) is 3.49. The van der Waals surface area contributed by atoms with Gasteiger partial charge in [-0.15, -0.1) is 0 Å². The quantitative estimate of drug-likeness (QED) is 0.612. The number of nitriles is 1. The molecule has 0 unspecified atom stereocenters. The summed E-state index contributed by atoms with van der Waals surface area (Å²) in [4.78, 5) is 16.6. The van der Waals surface area contributed by atoms with Gasteiger partial charge in [-0.25, -0.2) is 0 Å². The third kappa shape index (κ3) is 3.13. The summed E-state index contributed by atoms with van der Waals surface area (Å²) in [5.41, 5.74) is 2.24. The number of likely N-dealkylation sites (tertiary alicyclic amines) is 1. The van der Waals surface area contributed by atoms with Gasteiger partial charge in [0.15, 0.2) is 0 Å². The Morgan fingerprint density at radius 2 is 1.87 bits per heavy atom. The Morgan fingerprint density at radius 3 is 2.52 bits per heavy atom. The van der Waals surface area contributed by atoms with Gasteiger partial charge in [-0.2, -0.15) is 5.26 Å². The van der Waals surface area contributed by atoms with Crippen LogP contribution >= 0.6 is 11.8 Å². The lowest BCUT2D eigenvalue weighted by molar-refractivity contribution is -0.127. The molecule has 5 heteroatoms. The number of nitrogens with zero attached hydrogens (tertiary/aromatic N) is 3. The maximum atomic E-state index is 12.8. The maximum absolute atomic E-state index is 12.8. The molecule has 0 radical (unpaired) electrons. The highest BCUT2D eigenvalue weighted by atomic mass is 32.2. The standard InChI is InChI=1S/C18H19N3OS/c1-14-13-23-18(21(14)15-8-4-2-5-9-15)16(12-19)17(22)20-10-6-3-7-11-20/h2,4-5,8-9,13H,3,6-7,10-11H2,1H3/b18-16-. The number of rotatable bonds is 2. The van der Waals surface area contributed by atoms with Crippen LogP contribution in [0, 0.1) is 11.3 Å². The van der Waals surface area contributed by atoms with Crippen molar-refractivity contribution in [3.8, 4) is 6.07 Å². The van der Waals surface area contributed by atoms with Crippen LogP contribution in [0.5, 0.6) is 0 Å². The Bertz CT molecular complexity index is 697. The normalized spacial score (nSPS) is 20.1. The molecule has 2 heterocycles. The molecule has 1 aromatic rings. The summed E-state index contributed by atoms with van der Waals surface area (Å²) >= 11 is 1.45. The monoisotopic (exact) mass is 325 g/mol. The SMILES string of the molecule is CC1=CS/C(=C(/C#N)C(=O)N2CCCCC2)N1c1ccccc1. The molecule has 4 nitrogen and oxygen atoms in total. The number of hydrogen-bond acceptors (Lipinski definition) is 4. The minimum Gasteiger partial charge on any atom is -0.338 e. The Balaban J connectivity index is 1.96. The van der Waals surface area contributed by atoms with Crippen molar-refractivity contribution >= 4 is 23.4 Å². The second-order valence-electron chi connectivity index (χ2n) is 5.69. The van der Waals surface area contributed by atoms with E-state index in [9.17, 15) is 10.1 Å². The average molecular weight is 325 g/mol. The Kier molecular flexibility index (Phi) is 4.73. The van der Waals surface area contributed by atoms with Crippen LogP contribution in [0.3, 0.4) is 0 Å². The molecular weight excluding hydrogens is 306 g/mol. The molecule has 0 spiro atoms. The van der Waals surface area contributed by atoms with Gasteiger partial charge in [0.2, 0.25) is 0 Å². The van der Waals surface area contributed by atoms with Crippen molar-refractivity contribution < 1.29 is 4.79 Å². The van der Waals surface area contributed by atoms with Crippen molar-refractivity contribution in [2.45, 2.75) is 26.2 Å². The Hall–Kier alpha value is -2.19. The van der Waals surface area contributed by atoms with Crippen LogP contribution in [0.4, 0.5) is 5.69 Å². The molecule has 2 aliphatic rings. The second-order valence-corrected chi connectivity index (χ2v) is 6.55. The zero-order valence-corrected chi connectivity index (χ0v) is 14.0. The highest BCUT2D eigenvalue weighted by molar-refractivity contribution is 8.06. The van der Waals surface area contributed by atoms with E-state index in [1.54, 1.807) is 0 Å². The smallest absolute Gasteiger partial charge is 0.267 e. The minimum atomic E-state index is -0.140. The fraction of sp³-hybridized carbons (Fsp3) is 0.333. The third-order valence-electron chi connectivity index (χ3n) is 4.09. The largest absolute Gasteiger partial charge is 0.338 e. The lowest BCUT2D eigenvalue weighted by Crippen LogP contribution is -2.37. The highest BCUT2D eigenvalue weighted by Gasteiger charge is 2.29. The molecule has 0 aliphatic carbocycles. The molecule has 0 bridgehead atoms. The highest BCUT2D eigenvalue weighted by Crippen LogP contribution is 2.40. The van der Waals surface area contributed by atoms with E-state index < -0.39 is 0 Å². The van der Waals surface area contributed by atoms with Crippen molar-refractivity contribution in [3.63, 3.8) is 0 Å². The van der Waals surface area contributed by atoms with Gasteiger partial charge in [0.25, 0.3) is 5.91 Å². The van der Waals surface area contributed by atoms with Gasteiger partial charge < -0.3 is 9.80 Å². The lowest BCUT2D eigenvalue weighted by Gasteiger charge is -2.28. The molecule has 2 aliphatic heterocycles. The van der Waals surface area contributed by atoms with Gasteiger partial charge >= 0.3 is 0 Å². The number of hydrogen-bond donors (Lipinski definition) is 0. The van der Waals surface area contributed by atoms with Gasteiger partial charge in [0.1, 0.15) is 16.7 Å². The summed E-state index contributed by atoms with van der Waals surface area (Å²) in [6, 6.07) is 12.0. The van der Waals surface area contributed by atoms with E-state index >= 15 is 0 Å². The fourth-order valence-electron chi connectivity index (χ4n) is 2.92. The minimum absolute atomic E-state index is 0.140. The van der Waals surface area contributed by atoms with Crippen LogP contribution < -0.4 is 4.90 Å². The first-order valence-corrected chi connectivity index (χ1v) is 8.72. The van der Waals surface area contributed by atoms with Crippen molar-refractivity contribution in [2.24, 2.45) is 0 Å². The van der Waals surface area contributed by atoms with Crippen LogP contribution in [-0.4, -0.2) is 23.9 Å². The Labute approximate surface area is 141 Å². The molecule has 118 valence electrons. The van der Waals surface area contributed by atoms with E-state index in [1.165, 1.54) is 11.8 Å². The van der Waals surface area contributed by atoms with E-state index in [0.717, 1.165) is 43.7 Å². The van der Waals surface area contributed by atoms with Crippen molar-refractivity contribution in [1.82, 2.24) is 4.90 Å². The molecular formula is C18H19N3OS. The molecule has 3 rings (SSSR count). The van der Waals surface area contributed by atoms with Gasteiger partial charge in [-0.05, 0) is 43.7 Å². The van der Waals surface area contributed by atoms with Crippen LogP contribution in [0.15, 0.2) is 52.0 Å². The van der Waals surface area contributed by atoms with E-state index in [1.807, 2.05) is 52.5 Å². The van der Waals surface area contributed by atoms with Gasteiger partial charge in [0.05, 0.1) is 0 Å². The first-order valence-electron chi connectivity index (χ1n) is 7.84. The number of thioether (sulfide) groups is 1. The predicted molar refractivity (Wildman–Crippen MR) is 93.3 cm³/mol. The maximum Gasteiger partial charge on any atom is 0.267 e. The summed E-state index contributed by atoms with van der Waals surface area (Å²) in [6.07, 6.45) is 3.20. The number of carbonyl (C=O) groups is 1. The zero-order valence-electron chi connectivity index (χ0n) is 13.2. The third-order valence-corrected chi connectivity index (χ3v) is 5.16. The first-order chi connectivity index (χ1) is 11.2. The van der Waals surface area contributed by atoms with Crippen molar-refractivity contribution in [1.29, 1.82) is 5.26 Å². The molecule has 1 aromatic carbocycles. The van der Waals surface area contributed by atoms with Gasteiger partial charge in [-0.3, -0.25) is 4.79 Å². The summed E-state index contributed by atoms with van der Waals surface area (Å²) < 4.78 is 0. The molecule has 1 saturated heterocycles. The number of piperidine rings is 1. The van der Waals surface area contributed by atoms with E-state index in [4.69, 9.17) is 0 Å². The molecule has 0 atom stereocenters. The van der Waals surface area contributed by atoms with Gasteiger partial charge in [-0.1, -0.05) is 30.0 Å². The lowest BCUT2D eigenvalue weighted by atomic mass is 10.1. The summed E-state index contributed by atoms with van der Waals surface area (Å²) in [5, 5.41) is 12.3. The second kappa shape index (κ2) is 6.93. The topological polar surface area (TPSA) is 47.3 Å². The summed E-state index contributed by atoms with van der Waals surface area (Å²) in [7, 11) is 0. The van der Waals surface area contributed by atoms with Crippen LogP contribution in [0.1, 0.15) is 26.2 Å². The predicted octanol–water partition coefficient (Wildman–Crippen LogP) is 3.85. The number of anilines is 1. The van der Waals surface area contributed by atoms with Crippen molar-refractivity contribution in [2.75, 3.05) is 18.0 Å². The summed E-state index contributed by atoms with van der Waals surface area (Å²) in [5.74, 6) is -0.140. The van der Waals surface area contributed by atoms with Crippen molar-refractivity contribution in [3.05, 3.63) is 52.0 Å². The molecule has 0 N–H and O–H groups in total. The molecule has 0 aromatic heterocycles. The van der Waals surface area contributed by atoms with E-state index in [-0.39, 0.29) is 11.5 Å². The molecule has 1 amide bonds. The number of amides is 1. The number of para-hydroxylation sites is 1. The Morgan fingerprint density at radius 1 is 1.17 bits per heavy atom. The molecule has 1 fully saturated rings. The number of benzene rings is 1. The number of allylic oxidation sites excluding steroid dienone is 1. The van der Waals surface area contributed by atoms with E-state index in [0.29, 0.717) is 5.03 Å². The van der Waals surface area contributed by atoms with E-state index in [2.05, 4.69) is 6.07 Å². The molecule has 23 heavy (non-hydrogen) atoms.